The molecule has 1 amide bonds. The van der Waals surface area contributed by atoms with Crippen molar-refractivity contribution >= 4 is 16.8 Å². The summed E-state index contributed by atoms with van der Waals surface area (Å²) >= 11 is 0. The maximum absolute atomic E-state index is 11.9. The Labute approximate surface area is 93.3 Å². The molecule has 0 aliphatic rings. The fourth-order valence-electron chi connectivity index (χ4n) is 1.43. The molecule has 0 aromatic carbocycles. The number of H-pyrrole nitrogens is 1. The Kier molecular flexibility index (Phi) is 2.85. The highest BCUT2D eigenvalue weighted by Gasteiger charge is 2.11. The fraction of sp³-hybridized carbons (Fsp3) is 0.364. The lowest BCUT2D eigenvalue weighted by molar-refractivity contribution is 0.0950. The second-order valence-corrected chi connectivity index (χ2v) is 4.13. The van der Waals surface area contributed by atoms with Gasteiger partial charge in [-0.05, 0) is 5.92 Å². The number of fused-ring (bicyclic) bond motifs is 1. The molecule has 84 valence electrons. The van der Waals surface area contributed by atoms with Crippen molar-refractivity contribution < 1.29 is 4.79 Å². The van der Waals surface area contributed by atoms with Crippen LogP contribution in [0.1, 0.15) is 24.2 Å². The standard InChI is InChI=1S/C11H14N4O/c1-7(2)3-13-11(16)9-6-12-4-8-5-14-15-10(8)9/h4-7H,3H2,1-2H3,(H,13,16)(H,14,15). The fourth-order valence-corrected chi connectivity index (χ4v) is 1.43. The Morgan fingerprint density at radius 2 is 2.25 bits per heavy atom. The molecule has 0 atom stereocenters. The summed E-state index contributed by atoms with van der Waals surface area (Å²) in [6.07, 6.45) is 4.88. The van der Waals surface area contributed by atoms with E-state index in [4.69, 9.17) is 0 Å². The molecule has 0 saturated carbocycles. The highest BCUT2D eigenvalue weighted by molar-refractivity contribution is 6.04. The molecule has 0 bridgehead atoms. The molecule has 0 spiro atoms. The maximum Gasteiger partial charge on any atom is 0.255 e. The molecule has 2 rings (SSSR count). The quantitative estimate of drug-likeness (QED) is 0.816. The van der Waals surface area contributed by atoms with Gasteiger partial charge in [0.05, 0.1) is 17.3 Å². The summed E-state index contributed by atoms with van der Waals surface area (Å²) in [6, 6.07) is 0. The zero-order chi connectivity index (χ0) is 11.5. The molecule has 2 aromatic heterocycles. The highest BCUT2D eigenvalue weighted by Crippen LogP contribution is 2.13. The van der Waals surface area contributed by atoms with E-state index in [1.807, 2.05) is 0 Å². The highest BCUT2D eigenvalue weighted by atomic mass is 16.1. The van der Waals surface area contributed by atoms with Crippen molar-refractivity contribution in [2.45, 2.75) is 13.8 Å². The van der Waals surface area contributed by atoms with E-state index in [1.165, 1.54) is 0 Å². The number of carbonyl (C=O) groups is 1. The van der Waals surface area contributed by atoms with Gasteiger partial charge in [0, 0.05) is 24.3 Å². The van der Waals surface area contributed by atoms with E-state index in [1.54, 1.807) is 18.6 Å². The first kappa shape index (κ1) is 10.6. The van der Waals surface area contributed by atoms with Crippen molar-refractivity contribution in [1.29, 1.82) is 0 Å². The molecule has 0 aliphatic heterocycles. The summed E-state index contributed by atoms with van der Waals surface area (Å²) in [6.45, 7) is 4.76. The van der Waals surface area contributed by atoms with Gasteiger partial charge in [-0.1, -0.05) is 13.8 Å². The smallest absolute Gasteiger partial charge is 0.255 e. The first-order chi connectivity index (χ1) is 7.68. The maximum atomic E-state index is 11.9. The average molecular weight is 218 g/mol. The predicted octanol–water partition coefficient (Wildman–Crippen LogP) is 1.34. The van der Waals surface area contributed by atoms with Crippen molar-refractivity contribution in [1.82, 2.24) is 20.5 Å². The molecule has 0 saturated heterocycles. The molecule has 0 fully saturated rings. The van der Waals surface area contributed by atoms with E-state index in [2.05, 4.69) is 34.3 Å². The number of aromatic nitrogens is 3. The van der Waals surface area contributed by atoms with Gasteiger partial charge in [-0.25, -0.2) is 0 Å². The normalized spacial score (nSPS) is 10.9. The van der Waals surface area contributed by atoms with Crippen LogP contribution in [0.4, 0.5) is 0 Å². The number of rotatable bonds is 3. The minimum atomic E-state index is -0.115. The van der Waals surface area contributed by atoms with E-state index >= 15 is 0 Å². The zero-order valence-electron chi connectivity index (χ0n) is 9.32. The largest absolute Gasteiger partial charge is 0.352 e. The third kappa shape index (κ3) is 2.03. The van der Waals surface area contributed by atoms with Gasteiger partial charge in [0.25, 0.3) is 5.91 Å². The van der Waals surface area contributed by atoms with Crippen LogP contribution in [-0.2, 0) is 0 Å². The Morgan fingerprint density at radius 1 is 1.44 bits per heavy atom. The van der Waals surface area contributed by atoms with Gasteiger partial charge in [-0.3, -0.25) is 14.9 Å². The molecule has 0 aliphatic carbocycles. The van der Waals surface area contributed by atoms with Gasteiger partial charge in [0.1, 0.15) is 0 Å². The molecular weight excluding hydrogens is 204 g/mol. The summed E-state index contributed by atoms with van der Waals surface area (Å²) in [5, 5.41) is 10.4. The minimum Gasteiger partial charge on any atom is -0.352 e. The van der Waals surface area contributed by atoms with Crippen LogP contribution in [0, 0.1) is 5.92 Å². The van der Waals surface area contributed by atoms with Gasteiger partial charge in [0.15, 0.2) is 0 Å². The number of pyridine rings is 1. The number of amides is 1. The Bertz CT molecular complexity index is 503. The predicted molar refractivity (Wildman–Crippen MR) is 61.1 cm³/mol. The topological polar surface area (TPSA) is 70.7 Å². The summed E-state index contributed by atoms with van der Waals surface area (Å²) in [5.41, 5.74) is 1.27. The van der Waals surface area contributed by atoms with Gasteiger partial charge in [-0.2, -0.15) is 5.10 Å². The number of hydrogen-bond donors (Lipinski definition) is 2. The molecule has 2 aromatic rings. The van der Waals surface area contributed by atoms with E-state index < -0.39 is 0 Å². The molecule has 2 heterocycles. The molecule has 5 nitrogen and oxygen atoms in total. The second-order valence-electron chi connectivity index (χ2n) is 4.13. The lowest BCUT2D eigenvalue weighted by atomic mass is 10.2. The van der Waals surface area contributed by atoms with Gasteiger partial charge < -0.3 is 5.32 Å². The van der Waals surface area contributed by atoms with Gasteiger partial charge >= 0.3 is 0 Å². The summed E-state index contributed by atoms with van der Waals surface area (Å²) in [4.78, 5) is 15.9. The van der Waals surface area contributed by atoms with Crippen molar-refractivity contribution in [3.05, 3.63) is 24.2 Å². The number of carbonyl (C=O) groups excluding carboxylic acids is 1. The van der Waals surface area contributed by atoms with Crippen LogP contribution in [0.15, 0.2) is 18.6 Å². The van der Waals surface area contributed by atoms with E-state index in [0.717, 1.165) is 10.9 Å². The third-order valence-electron chi connectivity index (χ3n) is 2.27. The zero-order valence-corrected chi connectivity index (χ0v) is 9.32. The summed E-state index contributed by atoms with van der Waals surface area (Å²) < 4.78 is 0. The van der Waals surface area contributed by atoms with Crippen molar-refractivity contribution in [3.63, 3.8) is 0 Å². The third-order valence-corrected chi connectivity index (χ3v) is 2.27. The van der Waals surface area contributed by atoms with Gasteiger partial charge in [0.2, 0.25) is 0 Å². The molecule has 0 radical (unpaired) electrons. The molecule has 0 unspecified atom stereocenters. The Balaban J connectivity index is 2.25. The molecule has 2 N–H and O–H groups in total. The van der Waals surface area contributed by atoms with Crippen LogP contribution in [0.3, 0.4) is 0 Å². The molecule has 5 heteroatoms. The van der Waals surface area contributed by atoms with E-state index in [-0.39, 0.29) is 5.91 Å². The Morgan fingerprint density at radius 3 is 3.00 bits per heavy atom. The van der Waals surface area contributed by atoms with Crippen molar-refractivity contribution in [3.8, 4) is 0 Å². The SMILES string of the molecule is CC(C)CNC(=O)c1cncc2cn[nH]c12. The van der Waals surface area contributed by atoms with E-state index in [0.29, 0.717) is 18.0 Å². The Hall–Kier alpha value is -1.91. The van der Waals surface area contributed by atoms with Crippen LogP contribution < -0.4 is 5.32 Å². The monoisotopic (exact) mass is 218 g/mol. The van der Waals surface area contributed by atoms with Gasteiger partial charge in [-0.15, -0.1) is 0 Å². The minimum absolute atomic E-state index is 0.115. The number of nitrogens with one attached hydrogen (secondary N) is 2. The molecule has 16 heavy (non-hydrogen) atoms. The molecular formula is C11H14N4O. The van der Waals surface area contributed by atoms with Crippen molar-refractivity contribution in [2.75, 3.05) is 6.54 Å². The number of nitrogens with zero attached hydrogens (tertiary/aromatic N) is 2. The van der Waals surface area contributed by atoms with Crippen LogP contribution in [0.25, 0.3) is 10.9 Å². The summed E-state index contributed by atoms with van der Waals surface area (Å²) in [5.74, 6) is 0.314. The first-order valence-electron chi connectivity index (χ1n) is 5.23. The first-order valence-corrected chi connectivity index (χ1v) is 5.23. The number of aromatic amines is 1. The second kappa shape index (κ2) is 4.30. The lowest BCUT2D eigenvalue weighted by Crippen LogP contribution is -2.27. The van der Waals surface area contributed by atoms with Crippen molar-refractivity contribution in [2.24, 2.45) is 5.92 Å². The summed E-state index contributed by atoms with van der Waals surface area (Å²) in [7, 11) is 0. The number of hydrogen-bond acceptors (Lipinski definition) is 3. The van der Waals surface area contributed by atoms with Crippen LogP contribution in [0.5, 0.6) is 0 Å². The van der Waals surface area contributed by atoms with Crippen LogP contribution >= 0.6 is 0 Å². The average Bonchev–Trinajstić information content (AvgIpc) is 2.73. The van der Waals surface area contributed by atoms with E-state index in [9.17, 15) is 4.79 Å². The van der Waals surface area contributed by atoms with Crippen LogP contribution in [0.2, 0.25) is 0 Å². The lowest BCUT2D eigenvalue weighted by Gasteiger charge is -2.07. The van der Waals surface area contributed by atoms with Crippen LogP contribution in [-0.4, -0.2) is 27.6 Å².